The van der Waals surface area contributed by atoms with Crippen LogP contribution in [0.1, 0.15) is 31.4 Å². The lowest BCUT2D eigenvalue weighted by atomic mass is 9.96. The molecule has 1 saturated carbocycles. The van der Waals surface area contributed by atoms with Crippen molar-refractivity contribution in [2.75, 3.05) is 20.2 Å². The second-order valence-electron chi connectivity index (χ2n) is 5.72. The van der Waals surface area contributed by atoms with E-state index < -0.39 is 0 Å². The van der Waals surface area contributed by atoms with Crippen LogP contribution < -0.4 is 10.5 Å². The van der Waals surface area contributed by atoms with E-state index in [4.69, 9.17) is 10.5 Å². The molecule has 1 aliphatic rings. The molecular formula is C18H24N2O. The van der Waals surface area contributed by atoms with E-state index in [-0.39, 0.29) is 0 Å². The van der Waals surface area contributed by atoms with Gasteiger partial charge in [0.05, 0.1) is 7.11 Å². The maximum Gasteiger partial charge on any atom is 0.126 e. The van der Waals surface area contributed by atoms with Crippen LogP contribution in [0, 0.1) is 0 Å². The molecule has 0 spiro atoms. The molecule has 2 N–H and O–H groups in total. The molecule has 21 heavy (non-hydrogen) atoms. The van der Waals surface area contributed by atoms with Crippen molar-refractivity contribution in [3.05, 3.63) is 42.0 Å². The van der Waals surface area contributed by atoms with Gasteiger partial charge in [-0.2, -0.15) is 0 Å². The molecule has 0 saturated heterocycles. The Hall–Kier alpha value is -1.58. The van der Waals surface area contributed by atoms with Crippen molar-refractivity contribution in [1.82, 2.24) is 4.90 Å². The third kappa shape index (κ3) is 2.63. The summed E-state index contributed by atoms with van der Waals surface area (Å²) in [5, 5.41) is 2.43. The zero-order valence-corrected chi connectivity index (χ0v) is 12.9. The van der Waals surface area contributed by atoms with Crippen molar-refractivity contribution in [2.45, 2.75) is 31.8 Å². The Bertz CT molecular complexity index is 622. The number of nitrogens with two attached hydrogens (primary N) is 1. The minimum Gasteiger partial charge on any atom is -0.496 e. The highest BCUT2D eigenvalue weighted by molar-refractivity contribution is 5.91. The van der Waals surface area contributed by atoms with Crippen molar-refractivity contribution in [2.24, 2.45) is 5.73 Å². The fourth-order valence-corrected chi connectivity index (χ4v) is 3.34. The van der Waals surface area contributed by atoms with Gasteiger partial charge in [0.15, 0.2) is 0 Å². The van der Waals surface area contributed by atoms with E-state index in [9.17, 15) is 0 Å². The first-order chi connectivity index (χ1) is 10.3. The van der Waals surface area contributed by atoms with Crippen LogP contribution in [0.4, 0.5) is 0 Å². The number of ether oxygens (including phenoxy) is 1. The molecule has 0 radical (unpaired) electrons. The molecule has 0 aromatic heterocycles. The second-order valence-corrected chi connectivity index (χ2v) is 5.72. The van der Waals surface area contributed by atoms with Gasteiger partial charge in [0, 0.05) is 24.0 Å². The summed E-state index contributed by atoms with van der Waals surface area (Å²) in [4.78, 5) is 2.55. The fraction of sp³-hybridized carbons (Fsp3) is 0.444. The largest absolute Gasteiger partial charge is 0.496 e. The minimum atomic E-state index is 0.290. The van der Waals surface area contributed by atoms with E-state index in [1.807, 2.05) is 0 Å². The van der Waals surface area contributed by atoms with Crippen molar-refractivity contribution in [3.8, 4) is 5.75 Å². The Labute approximate surface area is 126 Å². The molecule has 3 heteroatoms. The highest BCUT2D eigenvalue weighted by Gasteiger charge is 2.33. The van der Waals surface area contributed by atoms with Gasteiger partial charge in [0.1, 0.15) is 5.75 Å². The van der Waals surface area contributed by atoms with Crippen LogP contribution in [-0.2, 0) is 0 Å². The summed E-state index contributed by atoms with van der Waals surface area (Å²) in [5.41, 5.74) is 7.46. The van der Waals surface area contributed by atoms with Crippen LogP contribution in [0.25, 0.3) is 10.8 Å². The summed E-state index contributed by atoms with van der Waals surface area (Å²) in [7, 11) is 1.73. The fourth-order valence-electron chi connectivity index (χ4n) is 3.34. The number of benzene rings is 2. The number of hydrogen-bond donors (Lipinski definition) is 1. The Morgan fingerprint density at radius 2 is 1.90 bits per heavy atom. The van der Waals surface area contributed by atoms with Gasteiger partial charge < -0.3 is 10.5 Å². The third-order valence-corrected chi connectivity index (χ3v) is 4.50. The topological polar surface area (TPSA) is 38.5 Å². The van der Waals surface area contributed by atoms with Crippen molar-refractivity contribution < 1.29 is 4.74 Å². The van der Waals surface area contributed by atoms with Crippen LogP contribution in [0.2, 0.25) is 0 Å². The zero-order valence-electron chi connectivity index (χ0n) is 12.9. The molecule has 1 aliphatic carbocycles. The lowest BCUT2D eigenvalue weighted by Crippen LogP contribution is -2.35. The SMILES string of the molecule is CCN(C1CC1)C(CN)c1ccc(OC)c2ccccc12. The minimum absolute atomic E-state index is 0.290. The van der Waals surface area contributed by atoms with E-state index in [0.29, 0.717) is 18.6 Å². The third-order valence-electron chi connectivity index (χ3n) is 4.50. The molecule has 1 unspecified atom stereocenters. The number of methoxy groups -OCH3 is 1. The number of likely N-dealkylation sites (N-methyl/N-ethyl adjacent to an activating group) is 1. The van der Waals surface area contributed by atoms with Gasteiger partial charge in [-0.3, -0.25) is 4.90 Å². The monoisotopic (exact) mass is 284 g/mol. The number of fused-ring (bicyclic) bond motifs is 1. The Kier molecular flexibility index (Phi) is 4.13. The molecule has 0 amide bonds. The van der Waals surface area contributed by atoms with Crippen LogP contribution >= 0.6 is 0 Å². The summed E-state index contributed by atoms with van der Waals surface area (Å²) >= 11 is 0. The predicted octanol–water partition coefficient (Wildman–Crippen LogP) is 3.33. The van der Waals surface area contributed by atoms with Crippen LogP contribution in [-0.4, -0.2) is 31.1 Å². The van der Waals surface area contributed by atoms with Gasteiger partial charge in [-0.15, -0.1) is 0 Å². The summed E-state index contributed by atoms with van der Waals surface area (Å²) in [6.45, 7) is 3.93. The summed E-state index contributed by atoms with van der Waals surface area (Å²) in [6.07, 6.45) is 2.61. The summed E-state index contributed by atoms with van der Waals surface area (Å²) in [6, 6.07) is 13.7. The molecule has 3 rings (SSSR count). The van der Waals surface area contributed by atoms with E-state index >= 15 is 0 Å². The average molecular weight is 284 g/mol. The molecule has 0 aliphatic heterocycles. The molecule has 2 aromatic rings. The maximum atomic E-state index is 6.14. The standard InChI is InChI=1S/C18H24N2O/c1-3-20(13-8-9-13)17(12-19)15-10-11-18(21-2)16-7-5-4-6-14(15)16/h4-7,10-11,13,17H,3,8-9,12,19H2,1-2H3. The van der Waals surface area contributed by atoms with E-state index in [2.05, 4.69) is 48.2 Å². The molecule has 0 heterocycles. The highest BCUT2D eigenvalue weighted by Crippen LogP contribution is 2.38. The second kappa shape index (κ2) is 6.04. The Morgan fingerprint density at radius 1 is 1.19 bits per heavy atom. The van der Waals surface area contributed by atoms with E-state index in [0.717, 1.165) is 12.3 Å². The van der Waals surface area contributed by atoms with Crippen LogP contribution in [0.3, 0.4) is 0 Å². The maximum absolute atomic E-state index is 6.14. The van der Waals surface area contributed by atoms with Gasteiger partial charge in [-0.1, -0.05) is 37.3 Å². The lowest BCUT2D eigenvalue weighted by molar-refractivity contribution is 0.203. The van der Waals surface area contributed by atoms with Crippen LogP contribution in [0.5, 0.6) is 5.75 Å². The van der Waals surface area contributed by atoms with Crippen LogP contribution in [0.15, 0.2) is 36.4 Å². The van der Waals surface area contributed by atoms with Gasteiger partial charge in [0.25, 0.3) is 0 Å². The Morgan fingerprint density at radius 3 is 2.48 bits per heavy atom. The van der Waals surface area contributed by atoms with Crippen molar-refractivity contribution >= 4 is 10.8 Å². The quantitative estimate of drug-likeness (QED) is 0.884. The predicted molar refractivity (Wildman–Crippen MR) is 87.7 cm³/mol. The average Bonchev–Trinajstić information content (AvgIpc) is 3.36. The Balaban J connectivity index is 2.10. The van der Waals surface area contributed by atoms with Crippen molar-refractivity contribution in [3.63, 3.8) is 0 Å². The number of nitrogens with zero attached hydrogens (tertiary/aromatic N) is 1. The summed E-state index contributed by atoms with van der Waals surface area (Å²) in [5.74, 6) is 0.930. The zero-order chi connectivity index (χ0) is 14.8. The van der Waals surface area contributed by atoms with Gasteiger partial charge in [-0.25, -0.2) is 0 Å². The highest BCUT2D eigenvalue weighted by atomic mass is 16.5. The van der Waals surface area contributed by atoms with Crippen molar-refractivity contribution in [1.29, 1.82) is 0 Å². The molecule has 1 fully saturated rings. The first-order valence-corrected chi connectivity index (χ1v) is 7.81. The smallest absolute Gasteiger partial charge is 0.126 e. The molecule has 2 aromatic carbocycles. The lowest BCUT2D eigenvalue weighted by Gasteiger charge is -2.31. The van der Waals surface area contributed by atoms with E-state index in [1.165, 1.54) is 29.2 Å². The molecular weight excluding hydrogens is 260 g/mol. The normalized spacial score (nSPS) is 16.4. The number of hydrogen-bond acceptors (Lipinski definition) is 3. The molecule has 112 valence electrons. The summed E-state index contributed by atoms with van der Waals surface area (Å²) < 4.78 is 5.50. The first-order valence-electron chi connectivity index (χ1n) is 7.81. The van der Waals surface area contributed by atoms with Gasteiger partial charge in [-0.05, 0) is 36.4 Å². The molecule has 1 atom stereocenters. The van der Waals surface area contributed by atoms with E-state index in [1.54, 1.807) is 7.11 Å². The number of rotatable bonds is 6. The van der Waals surface area contributed by atoms with Gasteiger partial charge >= 0.3 is 0 Å². The first kappa shape index (κ1) is 14.4. The molecule has 3 nitrogen and oxygen atoms in total. The van der Waals surface area contributed by atoms with Gasteiger partial charge in [0.2, 0.25) is 0 Å². The molecule has 0 bridgehead atoms.